The van der Waals surface area contributed by atoms with Gasteiger partial charge in [-0.2, -0.15) is 0 Å². The predicted octanol–water partition coefficient (Wildman–Crippen LogP) is 5.14. The molecule has 1 aliphatic heterocycles. The molecule has 5 aromatic rings. The number of rotatable bonds is 7. The Hall–Kier alpha value is -4.54. The molecule has 42 heavy (non-hydrogen) atoms. The van der Waals surface area contributed by atoms with E-state index in [0.29, 0.717) is 17.7 Å². The molecule has 5 heterocycles. The molecule has 2 N–H and O–H groups in total. The lowest BCUT2D eigenvalue weighted by molar-refractivity contribution is 0.0651. The number of nitrogen functional groups attached to an aromatic ring is 1. The molecule has 0 unspecified atom stereocenters. The van der Waals surface area contributed by atoms with Gasteiger partial charge in [0.2, 0.25) is 0 Å². The zero-order valence-electron chi connectivity index (χ0n) is 23.3. The number of aromatic nitrogens is 6. The Morgan fingerprint density at radius 3 is 1.69 bits per heavy atom. The summed E-state index contributed by atoms with van der Waals surface area (Å²) in [5, 5.41) is 0. The number of amides is 2. The molecule has 0 saturated heterocycles. The van der Waals surface area contributed by atoms with Gasteiger partial charge in [0.1, 0.15) is 6.33 Å². The number of carbonyl (C=O) groups is 2. The standard InChI is InChI=1S/C21H20N4O2.C9H10N4.2ClH/c1-15-8-9-16(12-22-15)19-13-24(14-23-19)10-4-5-11-25-20(26)17-6-2-3-7-18(17)21(25)27;1-7-2-3-8(4-11-7)9-5-13(10)6-12-9;;/h2-3,6-9,12-14H,4-5,10-11H2,1H3;2-6H,10H2,1H3;2*1H. The summed E-state index contributed by atoms with van der Waals surface area (Å²) in [6.07, 6.45) is 12.3. The summed E-state index contributed by atoms with van der Waals surface area (Å²) >= 11 is 0. The van der Waals surface area contributed by atoms with Gasteiger partial charge in [-0.15, -0.1) is 24.8 Å². The van der Waals surface area contributed by atoms with Gasteiger partial charge in [-0.1, -0.05) is 12.1 Å². The Kier molecular flexibility index (Phi) is 11.0. The van der Waals surface area contributed by atoms with Crippen LogP contribution in [0.2, 0.25) is 0 Å². The number of halogens is 2. The van der Waals surface area contributed by atoms with E-state index in [2.05, 4.69) is 19.9 Å². The largest absolute Gasteiger partial charge is 0.338 e. The number of pyridine rings is 2. The van der Waals surface area contributed by atoms with Gasteiger partial charge in [-0.3, -0.25) is 29.1 Å². The van der Waals surface area contributed by atoms with Crippen LogP contribution in [0, 0.1) is 13.8 Å². The highest BCUT2D eigenvalue weighted by atomic mass is 35.5. The maximum Gasteiger partial charge on any atom is 0.261 e. The quantitative estimate of drug-likeness (QED) is 0.154. The predicted molar refractivity (Wildman–Crippen MR) is 166 cm³/mol. The summed E-state index contributed by atoms with van der Waals surface area (Å²) in [6, 6.07) is 14.9. The summed E-state index contributed by atoms with van der Waals surface area (Å²) < 4.78 is 3.45. The van der Waals surface area contributed by atoms with E-state index in [1.165, 1.54) is 9.58 Å². The van der Waals surface area contributed by atoms with E-state index >= 15 is 0 Å². The van der Waals surface area contributed by atoms with Crippen LogP contribution in [-0.2, 0) is 6.54 Å². The number of fused-ring (bicyclic) bond motifs is 1. The SMILES string of the molecule is Cc1ccc(-c2cn(CCCCN3C(=O)c4ccccc4C3=O)cn2)cn1.Cc1ccc(-c2cn(N)cn2)cn1.Cl.Cl. The second kappa shape index (κ2) is 14.4. The van der Waals surface area contributed by atoms with Gasteiger partial charge in [0, 0.05) is 54.2 Å². The third-order valence-electron chi connectivity index (χ3n) is 6.58. The molecule has 2 amide bonds. The first-order valence-corrected chi connectivity index (χ1v) is 13.0. The number of nitrogens with two attached hydrogens (primary N) is 1. The highest BCUT2D eigenvalue weighted by molar-refractivity contribution is 6.21. The van der Waals surface area contributed by atoms with Crippen molar-refractivity contribution in [2.45, 2.75) is 33.2 Å². The molecule has 6 rings (SSSR count). The van der Waals surface area contributed by atoms with E-state index in [-0.39, 0.29) is 36.6 Å². The van der Waals surface area contributed by atoms with Crippen LogP contribution in [0.4, 0.5) is 0 Å². The number of aryl methyl sites for hydroxylation is 3. The number of imidazole rings is 2. The number of carbonyl (C=O) groups excluding carboxylic acids is 2. The van der Waals surface area contributed by atoms with Gasteiger partial charge < -0.3 is 10.4 Å². The molecule has 0 bridgehead atoms. The summed E-state index contributed by atoms with van der Waals surface area (Å²) in [4.78, 5) is 43.0. The average Bonchev–Trinajstić information content (AvgIpc) is 3.68. The Balaban J connectivity index is 0.000000273. The zero-order valence-corrected chi connectivity index (χ0v) is 24.9. The first kappa shape index (κ1) is 32.0. The summed E-state index contributed by atoms with van der Waals surface area (Å²) in [5.74, 6) is 5.10. The molecule has 1 aromatic carbocycles. The zero-order chi connectivity index (χ0) is 28.1. The molecule has 0 aliphatic carbocycles. The van der Waals surface area contributed by atoms with Gasteiger partial charge in [0.15, 0.2) is 0 Å². The Morgan fingerprint density at radius 2 is 1.19 bits per heavy atom. The molecule has 0 saturated carbocycles. The molecular formula is C30H32Cl2N8O2. The number of nitrogens with zero attached hydrogens (tertiary/aromatic N) is 7. The van der Waals surface area contributed by atoms with Gasteiger partial charge in [0.05, 0.1) is 35.0 Å². The maximum absolute atomic E-state index is 12.3. The molecule has 0 radical (unpaired) electrons. The van der Waals surface area contributed by atoms with Crippen LogP contribution < -0.4 is 5.84 Å². The number of hydrogen-bond donors (Lipinski definition) is 1. The number of imide groups is 1. The Morgan fingerprint density at radius 1 is 0.667 bits per heavy atom. The highest BCUT2D eigenvalue weighted by Gasteiger charge is 2.34. The van der Waals surface area contributed by atoms with Crippen LogP contribution in [0.15, 0.2) is 86.0 Å². The normalized spacial score (nSPS) is 11.7. The van der Waals surface area contributed by atoms with E-state index in [0.717, 1.165) is 53.3 Å². The number of benzene rings is 1. The van der Waals surface area contributed by atoms with Gasteiger partial charge in [-0.25, -0.2) is 9.97 Å². The van der Waals surface area contributed by atoms with Crippen LogP contribution in [0.25, 0.3) is 22.5 Å². The molecule has 4 aromatic heterocycles. The van der Waals surface area contributed by atoms with Crippen molar-refractivity contribution in [3.05, 3.63) is 108 Å². The highest BCUT2D eigenvalue weighted by Crippen LogP contribution is 2.23. The lowest BCUT2D eigenvalue weighted by atomic mass is 10.1. The van der Waals surface area contributed by atoms with Crippen molar-refractivity contribution in [3.63, 3.8) is 0 Å². The second-order valence-electron chi connectivity index (χ2n) is 9.59. The summed E-state index contributed by atoms with van der Waals surface area (Å²) in [5.41, 5.74) is 6.70. The molecule has 0 fully saturated rings. The number of unbranched alkanes of at least 4 members (excludes halogenated alkanes) is 1. The molecule has 12 heteroatoms. The van der Waals surface area contributed by atoms with Crippen LogP contribution in [0.3, 0.4) is 0 Å². The fraction of sp³-hybridized carbons (Fsp3) is 0.200. The average molecular weight is 608 g/mol. The molecule has 218 valence electrons. The second-order valence-corrected chi connectivity index (χ2v) is 9.59. The van der Waals surface area contributed by atoms with Crippen molar-refractivity contribution in [1.82, 2.24) is 34.1 Å². The fourth-order valence-electron chi connectivity index (χ4n) is 4.36. The van der Waals surface area contributed by atoms with Crippen LogP contribution in [0.1, 0.15) is 44.9 Å². The minimum absolute atomic E-state index is 0. The van der Waals surface area contributed by atoms with Gasteiger partial charge in [0.25, 0.3) is 11.8 Å². The molecular weight excluding hydrogens is 575 g/mol. The van der Waals surface area contributed by atoms with Crippen molar-refractivity contribution in [3.8, 4) is 22.5 Å². The molecule has 10 nitrogen and oxygen atoms in total. The monoisotopic (exact) mass is 606 g/mol. The van der Waals surface area contributed by atoms with Crippen LogP contribution in [-0.4, -0.2) is 52.4 Å². The molecule has 0 atom stereocenters. The van der Waals surface area contributed by atoms with Crippen LogP contribution >= 0.6 is 24.8 Å². The first-order chi connectivity index (χ1) is 19.4. The van der Waals surface area contributed by atoms with Gasteiger partial charge in [-0.05, 0) is 63.1 Å². The first-order valence-electron chi connectivity index (χ1n) is 13.0. The van der Waals surface area contributed by atoms with Crippen molar-refractivity contribution < 1.29 is 9.59 Å². The molecule has 0 spiro atoms. The number of hydrogen-bond acceptors (Lipinski definition) is 7. The summed E-state index contributed by atoms with van der Waals surface area (Å²) in [6.45, 7) is 5.13. The van der Waals surface area contributed by atoms with E-state index < -0.39 is 0 Å². The van der Waals surface area contributed by atoms with Crippen molar-refractivity contribution in [1.29, 1.82) is 0 Å². The fourth-order valence-corrected chi connectivity index (χ4v) is 4.36. The minimum atomic E-state index is -0.188. The van der Waals surface area contributed by atoms with E-state index in [9.17, 15) is 9.59 Å². The lowest BCUT2D eigenvalue weighted by Gasteiger charge is -2.13. The lowest BCUT2D eigenvalue weighted by Crippen LogP contribution is -2.30. The Bertz CT molecular complexity index is 1600. The van der Waals surface area contributed by atoms with E-state index in [4.69, 9.17) is 5.84 Å². The third-order valence-corrected chi connectivity index (χ3v) is 6.58. The third kappa shape index (κ3) is 7.39. The van der Waals surface area contributed by atoms with Crippen LogP contribution in [0.5, 0.6) is 0 Å². The van der Waals surface area contributed by atoms with Crippen molar-refractivity contribution in [2.75, 3.05) is 12.4 Å². The summed E-state index contributed by atoms with van der Waals surface area (Å²) in [7, 11) is 0. The smallest absolute Gasteiger partial charge is 0.261 e. The minimum Gasteiger partial charge on any atom is -0.338 e. The van der Waals surface area contributed by atoms with Gasteiger partial charge >= 0.3 is 0 Å². The van der Waals surface area contributed by atoms with E-state index in [1.807, 2.05) is 55.1 Å². The Labute approximate surface area is 256 Å². The van der Waals surface area contributed by atoms with Crippen molar-refractivity contribution >= 4 is 36.6 Å². The topological polar surface area (TPSA) is 125 Å². The van der Waals surface area contributed by atoms with E-state index in [1.54, 1.807) is 49.3 Å². The maximum atomic E-state index is 12.3. The van der Waals surface area contributed by atoms with Crippen molar-refractivity contribution in [2.24, 2.45) is 0 Å². The molecule has 1 aliphatic rings.